The van der Waals surface area contributed by atoms with Crippen molar-refractivity contribution in [1.82, 2.24) is 0 Å². The Bertz CT molecular complexity index is 312. The number of nitrogens with zero attached hydrogens (tertiary/aromatic N) is 1. The first-order valence-electron chi connectivity index (χ1n) is 4.16. The Kier molecular flexibility index (Phi) is 2.34. The van der Waals surface area contributed by atoms with Crippen molar-refractivity contribution in [1.29, 1.82) is 0 Å². The quantitative estimate of drug-likeness (QED) is 0.663. The van der Waals surface area contributed by atoms with Gasteiger partial charge in [-0.25, -0.2) is 0 Å². The normalized spacial score (nSPS) is 26.5. The average molecular weight is 196 g/mol. The summed E-state index contributed by atoms with van der Waals surface area (Å²) in [6.07, 6.45) is 1.76. The first kappa shape index (κ1) is 8.73. The number of hydrogen-bond acceptors (Lipinski definition) is 2. The standard InChI is InChI=1S/C10H10ClNO/c11-8-10(12-6-7-13-10)9-4-2-1-3-5-9/h1-6H,7-8H2/t10-/m1/s1. The van der Waals surface area contributed by atoms with Crippen LogP contribution in [0.5, 0.6) is 0 Å². The Labute approximate surface area is 82.2 Å². The Balaban J connectivity index is 2.37. The summed E-state index contributed by atoms with van der Waals surface area (Å²) in [5, 5.41) is 0. The van der Waals surface area contributed by atoms with Gasteiger partial charge in [-0.15, -0.1) is 11.6 Å². The van der Waals surface area contributed by atoms with E-state index in [0.29, 0.717) is 12.5 Å². The van der Waals surface area contributed by atoms with Crippen LogP contribution in [-0.4, -0.2) is 18.7 Å². The lowest BCUT2D eigenvalue weighted by Crippen LogP contribution is -2.25. The fraction of sp³-hybridized carbons (Fsp3) is 0.300. The molecule has 1 aliphatic rings. The van der Waals surface area contributed by atoms with E-state index in [9.17, 15) is 0 Å². The molecule has 0 saturated carbocycles. The fourth-order valence-electron chi connectivity index (χ4n) is 1.40. The zero-order valence-corrected chi connectivity index (χ0v) is 7.87. The van der Waals surface area contributed by atoms with E-state index in [1.807, 2.05) is 30.3 Å². The molecule has 1 atom stereocenters. The van der Waals surface area contributed by atoms with Crippen molar-refractivity contribution in [3.8, 4) is 0 Å². The molecule has 13 heavy (non-hydrogen) atoms. The largest absolute Gasteiger partial charge is 0.343 e. The number of ether oxygens (including phenoxy) is 1. The molecule has 1 heterocycles. The van der Waals surface area contributed by atoms with E-state index in [2.05, 4.69) is 4.99 Å². The van der Waals surface area contributed by atoms with Crippen LogP contribution in [0.3, 0.4) is 0 Å². The van der Waals surface area contributed by atoms with E-state index < -0.39 is 5.72 Å². The summed E-state index contributed by atoms with van der Waals surface area (Å²) in [6, 6.07) is 9.84. The van der Waals surface area contributed by atoms with Crippen LogP contribution < -0.4 is 0 Å². The Hall–Kier alpha value is -0.860. The Morgan fingerprint density at radius 3 is 2.69 bits per heavy atom. The molecule has 2 rings (SSSR count). The Morgan fingerprint density at radius 2 is 2.15 bits per heavy atom. The summed E-state index contributed by atoms with van der Waals surface area (Å²) in [7, 11) is 0. The van der Waals surface area contributed by atoms with Crippen LogP contribution in [0.2, 0.25) is 0 Å². The van der Waals surface area contributed by atoms with E-state index in [4.69, 9.17) is 16.3 Å². The second kappa shape index (κ2) is 3.48. The molecule has 0 N–H and O–H groups in total. The molecule has 68 valence electrons. The highest BCUT2D eigenvalue weighted by Gasteiger charge is 2.33. The van der Waals surface area contributed by atoms with Gasteiger partial charge in [-0.1, -0.05) is 30.3 Å². The minimum absolute atomic E-state index is 0.355. The zero-order valence-electron chi connectivity index (χ0n) is 7.11. The molecule has 3 heteroatoms. The van der Waals surface area contributed by atoms with E-state index in [-0.39, 0.29) is 0 Å². The number of benzene rings is 1. The molecule has 0 aliphatic carbocycles. The van der Waals surface area contributed by atoms with E-state index in [0.717, 1.165) is 5.56 Å². The van der Waals surface area contributed by atoms with Crippen LogP contribution in [0.1, 0.15) is 5.56 Å². The minimum Gasteiger partial charge on any atom is -0.343 e. The van der Waals surface area contributed by atoms with Crippen molar-refractivity contribution in [3.05, 3.63) is 35.9 Å². The smallest absolute Gasteiger partial charge is 0.198 e. The second-order valence-electron chi connectivity index (χ2n) is 2.91. The van der Waals surface area contributed by atoms with Crippen molar-refractivity contribution in [2.45, 2.75) is 5.72 Å². The van der Waals surface area contributed by atoms with Crippen molar-refractivity contribution in [2.24, 2.45) is 4.99 Å². The molecule has 1 aromatic rings. The number of aliphatic imine (C=N–C) groups is 1. The van der Waals surface area contributed by atoms with Gasteiger partial charge in [-0.3, -0.25) is 4.99 Å². The molecule has 0 radical (unpaired) electrons. The van der Waals surface area contributed by atoms with Crippen molar-refractivity contribution < 1.29 is 4.74 Å². The lowest BCUT2D eigenvalue weighted by atomic mass is 10.1. The predicted molar refractivity (Wildman–Crippen MR) is 53.3 cm³/mol. The predicted octanol–water partition coefficient (Wildman–Crippen LogP) is 2.18. The monoisotopic (exact) mass is 195 g/mol. The lowest BCUT2D eigenvalue weighted by molar-refractivity contribution is 0.0159. The topological polar surface area (TPSA) is 21.6 Å². The molecule has 1 aromatic carbocycles. The zero-order chi connectivity index (χ0) is 9.15. The third kappa shape index (κ3) is 1.47. The number of alkyl halides is 1. The van der Waals surface area contributed by atoms with Crippen LogP contribution in [-0.2, 0) is 10.5 Å². The highest BCUT2D eigenvalue weighted by atomic mass is 35.5. The lowest BCUT2D eigenvalue weighted by Gasteiger charge is -2.23. The van der Waals surface area contributed by atoms with Crippen molar-refractivity contribution in [3.63, 3.8) is 0 Å². The summed E-state index contributed by atoms with van der Waals surface area (Å²) in [5.41, 5.74) is 0.377. The fourth-order valence-corrected chi connectivity index (χ4v) is 1.70. The molecule has 0 aromatic heterocycles. The van der Waals surface area contributed by atoms with Gasteiger partial charge in [-0.2, -0.15) is 0 Å². The van der Waals surface area contributed by atoms with Gasteiger partial charge in [0.25, 0.3) is 0 Å². The van der Waals surface area contributed by atoms with Crippen LogP contribution in [0.4, 0.5) is 0 Å². The molecule has 1 aliphatic heterocycles. The van der Waals surface area contributed by atoms with Crippen molar-refractivity contribution in [2.75, 3.05) is 12.5 Å². The molecule has 0 spiro atoms. The third-order valence-corrected chi connectivity index (χ3v) is 2.46. The molecule has 0 fully saturated rings. The maximum atomic E-state index is 5.86. The maximum Gasteiger partial charge on any atom is 0.198 e. The van der Waals surface area contributed by atoms with Gasteiger partial charge in [0.15, 0.2) is 5.72 Å². The molecule has 0 amide bonds. The molecular weight excluding hydrogens is 186 g/mol. The molecule has 2 nitrogen and oxygen atoms in total. The van der Waals surface area contributed by atoms with Crippen LogP contribution >= 0.6 is 11.6 Å². The van der Waals surface area contributed by atoms with Crippen LogP contribution in [0.25, 0.3) is 0 Å². The summed E-state index contributed by atoms with van der Waals surface area (Å²) in [6.45, 7) is 0.543. The summed E-state index contributed by atoms with van der Waals surface area (Å²) >= 11 is 5.86. The van der Waals surface area contributed by atoms with E-state index in [1.54, 1.807) is 6.21 Å². The summed E-state index contributed by atoms with van der Waals surface area (Å²) in [4.78, 5) is 4.28. The second-order valence-corrected chi connectivity index (χ2v) is 3.17. The highest BCUT2D eigenvalue weighted by molar-refractivity contribution is 6.18. The molecule has 0 saturated heterocycles. The van der Waals surface area contributed by atoms with Gasteiger partial charge in [0, 0.05) is 11.8 Å². The van der Waals surface area contributed by atoms with Crippen molar-refractivity contribution >= 4 is 17.8 Å². The van der Waals surface area contributed by atoms with Gasteiger partial charge in [0.2, 0.25) is 0 Å². The van der Waals surface area contributed by atoms with Crippen LogP contribution in [0.15, 0.2) is 35.3 Å². The first-order valence-corrected chi connectivity index (χ1v) is 4.70. The molecule has 0 bridgehead atoms. The number of hydrogen-bond donors (Lipinski definition) is 0. The molecular formula is C10H10ClNO. The number of rotatable bonds is 2. The highest BCUT2D eigenvalue weighted by Crippen LogP contribution is 2.30. The van der Waals surface area contributed by atoms with E-state index in [1.165, 1.54) is 0 Å². The third-order valence-electron chi connectivity index (χ3n) is 2.10. The van der Waals surface area contributed by atoms with Gasteiger partial charge in [0.1, 0.15) is 0 Å². The van der Waals surface area contributed by atoms with E-state index >= 15 is 0 Å². The van der Waals surface area contributed by atoms with Gasteiger partial charge in [0.05, 0.1) is 12.5 Å². The maximum absolute atomic E-state index is 5.86. The summed E-state index contributed by atoms with van der Waals surface area (Å²) < 4.78 is 5.52. The summed E-state index contributed by atoms with van der Waals surface area (Å²) in [5.74, 6) is 0.355. The van der Waals surface area contributed by atoms with Crippen LogP contribution in [0, 0.1) is 0 Å². The average Bonchev–Trinajstić information content (AvgIpc) is 2.69. The SMILES string of the molecule is ClC[C@@]1(c2ccccc2)N=CCO1. The van der Waals surface area contributed by atoms with Gasteiger partial charge in [-0.05, 0) is 0 Å². The first-order chi connectivity index (χ1) is 6.37. The van der Waals surface area contributed by atoms with Gasteiger partial charge < -0.3 is 4.74 Å². The number of halogens is 1. The Morgan fingerprint density at radius 1 is 1.38 bits per heavy atom. The van der Waals surface area contributed by atoms with Gasteiger partial charge >= 0.3 is 0 Å². The minimum atomic E-state index is -0.636. The molecule has 0 unspecified atom stereocenters.